The third-order valence-corrected chi connectivity index (χ3v) is 4.79. The highest BCUT2D eigenvalue weighted by Crippen LogP contribution is 2.30. The molecule has 108 valence electrons. The molecule has 0 aromatic heterocycles. The predicted octanol–water partition coefficient (Wildman–Crippen LogP) is 3.10. The number of halogens is 1. The Morgan fingerprint density at radius 1 is 1.20 bits per heavy atom. The Labute approximate surface area is 125 Å². The van der Waals surface area contributed by atoms with Crippen LogP contribution >= 0.6 is 11.6 Å². The lowest BCUT2D eigenvalue weighted by Gasteiger charge is -2.39. The molecule has 0 spiro atoms. The summed E-state index contributed by atoms with van der Waals surface area (Å²) in [5.74, 6) is 0.688. The van der Waals surface area contributed by atoms with Gasteiger partial charge in [0, 0.05) is 42.8 Å². The van der Waals surface area contributed by atoms with Crippen molar-refractivity contribution in [1.82, 2.24) is 4.90 Å². The molecule has 0 bridgehead atoms. The highest BCUT2D eigenvalue weighted by molar-refractivity contribution is 6.30. The number of rotatable bonds is 2. The summed E-state index contributed by atoms with van der Waals surface area (Å²) in [6.07, 6.45) is 3.40. The van der Waals surface area contributed by atoms with Gasteiger partial charge in [-0.15, -0.1) is 0 Å². The maximum Gasteiger partial charge on any atom is 0.225 e. The first kappa shape index (κ1) is 13.7. The highest BCUT2D eigenvalue weighted by Gasteiger charge is 2.31. The van der Waals surface area contributed by atoms with Gasteiger partial charge in [-0.3, -0.25) is 4.79 Å². The molecule has 2 fully saturated rings. The molecule has 0 N–H and O–H groups in total. The molecule has 1 aliphatic heterocycles. The Balaban J connectivity index is 1.63. The van der Waals surface area contributed by atoms with Crippen molar-refractivity contribution in [2.45, 2.75) is 26.2 Å². The van der Waals surface area contributed by atoms with Crippen molar-refractivity contribution in [2.24, 2.45) is 5.92 Å². The molecule has 20 heavy (non-hydrogen) atoms. The molecular formula is C16H21ClN2O. The van der Waals surface area contributed by atoms with Crippen molar-refractivity contribution < 1.29 is 4.79 Å². The zero-order valence-corrected chi connectivity index (χ0v) is 12.7. The van der Waals surface area contributed by atoms with Gasteiger partial charge in [0.05, 0.1) is 0 Å². The van der Waals surface area contributed by atoms with Crippen molar-refractivity contribution in [3.63, 3.8) is 0 Å². The van der Waals surface area contributed by atoms with Gasteiger partial charge < -0.3 is 9.80 Å². The first-order valence-electron chi connectivity index (χ1n) is 7.45. The van der Waals surface area contributed by atoms with Crippen LogP contribution in [0, 0.1) is 12.8 Å². The number of amides is 1. The van der Waals surface area contributed by atoms with E-state index in [1.807, 2.05) is 17.0 Å². The molecule has 1 aliphatic carbocycles. The molecule has 0 atom stereocenters. The molecule has 1 heterocycles. The lowest BCUT2D eigenvalue weighted by Crippen LogP contribution is -2.51. The van der Waals surface area contributed by atoms with Gasteiger partial charge in [-0.2, -0.15) is 0 Å². The Morgan fingerprint density at radius 3 is 2.50 bits per heavy atom. The van der Waals surface area contributed by atoms with Gasteiger partial charge in [0.15, 0.2) is 0 Å². The first-order valence-corrected chi connectivity index (χ1v) is 7.83. The smallest absolute Gasteiger partial charge is 0.225 e. The Morgan fingerprint density at radius 2 is 1.90 bits per heavy atom. The van der Waals surface area contributed by atoms with E-state index in [1.54, 1.807) is 0 Å². The zero-order valence-electron chi connectivity index (χ0n) is 11.9. The topological polar surface area (TPSA) is 23.6 Å². The fraction of sp³-hybridized carbons (Fsp3) is 0.562. The quantitative estimate of drug-likeness (QED) is 0.836. The minimum absolute atomic E-state index is 0.314. The number of carbonyl (C=O) groups excluding carboxylic acids is 1. The van der Waals surface area contributed by atoms with E-state index in [4.69, 9.17) is 11.6 Å². The molecule has 1 saturated carbocycles. The first-order chi connectivity index (χ1) is 9.65. The van der Waals surface area contributed by atoms with Crippen LogP contribution < -0.4 is 4.90 Å². The molecule has 4 heteroatoms. The Hall–Kier alpha value is -1.22. The number of aryl methyl sites for hydroxylation is 1. The van der Waals surface area contributed by atoms with Crippen LogP contribution in [0.1, 0.15) is 24.8 Å². The average molecular weight is 293 g/mol. The van der Waals surface area contributed by atoms with E-state index in [9.17, 15) is 4.79 Å². The van der Waals surface area contributed by atoms with E-state index in [2.05, 4.69) is 17.9 Å². The average Bonchev–Trinajstić information content (AvgIpc) is 2.40. The molecule has 0 unspecified atom stereocenters. The van der Waals surface area contributed by atoms with E-state index in [1.165, 1.54) is 17.7 Å². The summed E-state index contributed by atoms with van der Waals surface area (Å²) in [4.78, 5) is 16.6. The molecule has 3 nitrogen and oxygen atoms in total. The van der Waals surface area contributed by atoms with Gasteiger partial charge in [-0.1, -0.05) is 24.1 Å². The van der Waals surface area contributed by atoms with Crippen LogP contribution in [0.2, 0.25) is 5.02 Å². The lowest BCUT2D eigenvalue weighted by molar-refractivity contribution is -0.138. The zero-order chi connectivity index (χ0) is 14.1. The van der Waals surface area contributed by atoms with Crippen molar-refractivity contribution in [3.05, 3.63) is 28.8 Å². The number of hydrogen-bond donors (Lipinski definition) is 0. The van der Waals surface area contributed by atoms with Gasteiger partial charge in [-0.05, 0) is 37.5 Å². The maximum absolute atomic E-state index is 12.2. The second kappa shape index (κ2) is 5.65. The van der Waals surface area contributed by atoms with Crippen LogP contribution in [0.25, 0.3) is 0 Å². The van der Waals surface area contributed by atoms with E-state index in [0.717, 1.165) is 44.0 Å². The largest absolute Gasteiger partial charge is 0.368 e. The standard InChI is InChI=1S/C16H21ClN2O/c1-12-5-6-14(17)11-15(12)18-7-9-19(10-8-18)16(20)13-3-2-4-13/h5-6,11,13H,2-4,7-10H2,1H3. The van der Waals surface area contributed by atoms with Crippen LogP contribution in [0.4, 0.5) is 5.69 Å². The van der Waals surface area contributed by atoms with Gasteiger partial charge >= 0.3 is 0 Å². The molecule has 1 aromatic carbocycles. The molecule has 1 saturated heterocycles. The van der Waals surface area contributed by atoms with Gasteiger partial charge in [0.1, 0.15) is 0 Å². The summed E-state index contributed by atoms with van der Waals surface area (Å²) >= 11 is 6.09. The molecule has 1 amide bonds. The number of hydrogen-bond acceptors (Lipinski definition) is 2. The summed E-state index contributed by atoms with van der Waals surface area (Å²) in [7, 11) is 0. The predicted molar refractivity (Wildman–Crippen MR) is 82.3 cm³/mol. The van der Waals surface area contributed by atoms with Crippen LogP contribution in [0.3, 0.4) is 0 Å². The number of nitrogens with zero attached hydrogens (tertiary/aromatic N) is 2. The molecule has 3 rings (SSSR count). The number of piperazine rings is 1. The SMILES string of the molecule is Cc1ccc(Cl)cc1N1CCN(C(=O)C2CCC2)CC1. The summed E-state index contributed by atoms with van der Waals surface area (Å²) < 4.78 is 0. The number of benzene rings is 1. The number of carbonyl (C=O) groups is 1. The minimum atomic E-state index is 0.314. The second-order valence-electron chi connectivity index (χ2n) is 5.87. The Kier molecular flexibility index (Phi) is 3.88. The third kappa shape index (κ3) is 2.64. The highest BCUT2D eigenvalue weighted by atomic mass is 35.5. The fourth-order valence-electron chi connectivity index (χ4n) is 3.00. The van der Waals surface area contributed by atoms with Crippen molar-refractivity contribution in [3.8, 4) is 0 Å². The second-order valence-corrected chi connectivity index (χ2v) is 6.31. The molecular weight excluding hydrogens is 272 g/mol. The maximum atomic E-state index is 12.2. The molecule has 1 aromatic rings. The van der Waals surface area contributed by atoms with Crippen molar-refractivity contribution >= 4 is 23.2 Å². The van der Waals surface area contributed by atoms with Crippen molar-refractivity contribution in [1.29, 1.82) is 0 Å². The van der Waals surface area contributed by atoms with Gasteiger partial charge in [0.25, 0.3) is 0 Å². The summed E-state index contributed by atoms with van der Waals surface area (Å²) in [5, 5.41) is 0.776. The fourth-order valence-corrected chi connectivity index (χ4v) is 3.17. The van der Waals surface area contributed by atoms with E-state index in [0.29, 0.717) is 11.8 Å². The molecule has 0 radical (unpaired) electrons. The van der Waals surface area contributed by atoms with Crippen molar-refractivity contribution in [2.75, 3.05) is 31.1 Å². The molecule has 2 aliphatic rings. The van der Waals surface area contributed by atoms with Gasteiger partial charge in [-0.25, -0.2) is 0 Å². The van der Waals surface area contributed by atoms with Crippen LogP contribution in [0.5, 0.6) is 0 Å². The van der Waals surface area contributed by atoms with Crippen LogP contribution in [0.15, 0.2) is 18.2 Å². The normalized spacial score (nSPS) is 19.9. The van der Waals surface area contributed by atoms with E-state index in [-0.39, 0.29) is 0 Å². The summed E-state index contributed by atoms with van der Waals surface area (Å²) in [5.41, 5.74) is 2.45. The summed E-state index contributed by atoms with van der Waals surface area (Å²) in [6, 6.07) is 6.01. The van der Waals surface area contributed by atoms with E-state index >= 15 is 0 Å². The van der Waals surface area contributed by atoms with Crippen LogP contribution in [-0.2, 0) is 4.79 Å². The lowest BCUT2D eigenvalue weighted by atomic mass is 9.84. The third-order valence-electron chi connectivity index (χ3n) is 4.56. The summed E-state index contributed by atoms with van der Waals surface area (Å²) in [6.45, 7) is 5.58. The Bertz CT molecular complexity index is 505. The van der Waals surface area contributed by atoms with Crippen LogP contribution in [-0.4, -0.2) is 37.0 Å². The number of anilines is 1. The minimum Gasteiger partial charge on any atom is -0.368 e. The van der Waals surface area contributed by atoms with Gasteiger partial charge in [0.2, 0.25) is 5.91 Å². The van der Waals surface area contributed by atoms with E-state index < -0.39 is 0 Å². The monoisotopic (exact) mass is 292 g/mol.